The predicted molar refractivity (Wildman–Crippen MR) is 135 cm³/mol. The van der Waals surface area contributed by atoms with Crippen LogP contribution in [0, 0.1) is 6.92 Å². The van der Waals surface area contributed by atoms with Crippen LogP contribution >= 0.6 is 0 Å². The maximum absolute atomic E-state index is 12.9. The van der Waals surface area contributed by atoms with Gasteiger partial charge in [0.2, 0.25) is 5.91 Å². The van der Waals surface area contributed by atoms with E-state index in [1.165, 1.54) is 0 Å². The molecule has 37 heavy (non-hydrogen) atoms. The Hall–Kier alpha value is -4.59. The lowest BCUT2D eigenvalue weighted by Crippen LogP contribution is -2.29. The summed E-state index contributed by atoms with van der Waals surface area (Å²) in [6.45, 7) is 1.99. The molecule has 0 bridgehead atoms. The third kappa shape index (κ3) is 3.72. The van der Waals surface area contributed by atoms with E-state index in [9.17, 15) is 9.59 Å². The molecule has 8 heteroatoms. The van der Waals surface area contributed by atoms with Gasteiger partial charge in [0.25, 0.3) is 5.91 Å². The predicted octanol–water partition coefficient (Wildman–Crippen LogP) is 4.98. The van der Waals surface area contributed by atoms with Crippen molar-refractivity contribution in [3.05, 3.63) is 89.3 Å². The summed E-state index contributed by atoms with van der Waals surface area (Å²) < 4.78 is 18.3. The van der Waals surface area contributed by atoms with Gasteiger partial charge in [-0.1, -0.05) is 30.3 Å². The first-order valence-electron chi connectivity index (χ1n) is 12.3. The van der Waals surface area contributed by atoms with E-state index in [4.69, 9.17) is 13.9 Å². The summed E-state index contributed by atoms with van der Waals surface area (Å²) in [5.74, 6) is 3.42. The normalized spacial score (nSPS) is 20.7. The number of carbonyl (C=O) groups excluding carboxylic acids is 2. The number of benzene rings is 2. The number of aromatic nitrogens is 1. The van der Waals surface area contributed by atoms with Crippen molar-refractivity contribution in [1.29, 1.82) is 0 Å². The maximum atomic E-state index is 12.9. The van der Waals surface area contributed by atoms with Gasteiger partial charge < -0.3 is 24.5 Å². The number of fused-ring (bicyclic) bond motifs is 4. The minimum Gasteiger partial charge on any atom is -0.487 e. The number of nitrogens with zero attached hydrogens (tertiary/aromatic N) is 1. The Morgan fingerprint density at radius 3 is 2.84 bits per heavy atom. The van der Waals surface area contributed by atoms with Gasteiger partial charge in [0.1, 0.15) is 34.9 Å². The summed E-state index contributed by atoms with van der Waals surface area (Å²) in [7, 11) is 0. The number of pyridine rings is 1. The number of ether oxygens (including phenoxy) is 2. The minimum atomic E-state index is -0.263. The molecule has 2 aromatic heterocycles. The van der Waals surface area contributed by atoms with Crippen LogP contribution in [0.15, 0.2) is 71.3 Å². The number of furan rings is 1. The van der Waals surface area contributed by atoms with Gasteiger partial charge >= 0.3 is 0 Å². The molecule has 8 nitrogen and oxygen atoms in total. The van der Waals surface area contributed by atoms with Crippen molar-refractivity contribution < 1.29 is 23.5 Å². The zero-order valence-electron chi connectivity index (χ0n) is 20.0. The van der Waals surface area contributed by atoms with Crippen LogP contribution in [0.25, 0.3) is 11.3 Å². The average Bonchev–Trinajstić information content (AvgIpc) is 3.23. The van der Waals surface area contributed by atoms with Gasteiger partial charge in [0, 0.05) is 29.3 Å². The lowest BCUT2D eigenvalue weighted by Gasteiger charge is -2.19. The summed E-state index contributed by atoms with van der Waals surface area (Å²) in [4.78, 5) is 28.9. The van der Waals surface area contributed by atoms with E-state index in [1.54, 1.807) is 18.3 Å². The van der Waals surface area contributed by atoms with Crippen molar-refractivity contribution in [2.45, 2.75) is 37.8 Å². The highest BCUT2D eigenvalue weighted by Gasteiger charge is 2.60. The fourth-order valence-electron chi connectivity index (χ4n) is 5.26. The van der Waals surface area contributed by atoms with Gasteiger partial charge in [0.15, 0.2) is 5.76 Å². The van der Waals surface area contributed by atoms with E-state index in [-0.39, 0.29) is 35.6 Å². The fourth-order valence-corrected chi connectivity index (χ4v) is 5.26. The van der Waals surface area contributed by atoms with Crippen LogP contribution in [-0.4, -0.2) is 28.9 Å². The number of carbonyl (C=O) groups is 2. The molecule has 4 heterocycles. The van der Waals surface area contributed by atoms with Crippen LogP contribution < -0.4 is 20.1 Å². The standard InChI is InChI=1S/C29H23N3O5/c1-15-13-17(35-21-11-12-30-28-18(21)7-10-23(33)31-28)14-19-24-25(27(24)37-26(15)19)32-29(34)22-9-8-20(36-22)16-5-3-2-4-6-16/h2-6,8-9,11-14,24-25,27H,7,10H2,1H3,(H,32,34)(H,30,31,33)/t24-,25-,27-/m0/s1. The minimum absolute atomic E-state index is 0.0404. The quantitative estimate of drug-likeness (QED) is 0.406. The first-order valence-corrected chi connectivity index (χ1v) is 12.3. The molecule has 1 fully saturated rings. The second kappa shape index (κ2) is 8.23. The molecule has 2 amide bonds. The molecule has 3 aliphatic rings. The van der Waals surface area contributed by atoms with Crippen molar-refractivity contribution in [3.63, 3.8) is 0 Å². The third-order valence-corrected chi connectivity index (χ3v) is 7.13. The molecular weight excluding hydrogens is 470 g/mol. The second-order valence-corrected chi connectivity index (χ2v) is 9.58. The summed E-state index contributed by atoms with van der Waals surface area (Å²) in [6.07, 6.45) is 2.50. The van der Waals surface area contributed by atoms with E-state index < -0.39 is 0 Å². The molecule has 2 N–H and O–H groups in total. The fraction of sp³-hybridized carbons (Fsp3) is 0.207. The first-order chi connectivity index (χ1) is 18.0. The molecule has 0 spiro atoms. The molecule has 1 aliphatic carbocycles. The van der Waals surface area contributed by atoms with Gasteiger partial charge in [-0.25, -0.2) is 4.98 Å². The monoisotopic (exact) mass is 493 g/mol. The van der Waals surface area contributed by atoms with Crippen molar-refractivity contribution in [2.24, 2.45) is 0 Å². The van der Waals surface area contributed by atoms with Gasteiger partial charge in [-0.2, -0.15) is 0 Å². The Morgan fingerprint density at radius 2 is 1.97 bits per heavy atom. The molecule has 0 unspecified atom stereocenters. The van der Waals surface area contributed by atoms with Crippen molar-refractivity contribution in [2.75, 3.05) is 5.32 Å². The molecule has 4 aromatic rings. The van der Waals surface area contributed by atoms with Gasteiger partial charge in [0.05, 0.1) is 12.0 Å². The SMILES string of the molecule is Cc1cc(Oc2ccnc3c2CCC(=O)N3)cc2c1O[C@@H]1[C@@H](NC(=O)c3ccc(-c4ccccc4)o3)[C@H]21. The topological polar surface area (TPSA) is 103 Å². The highest BCUT2D eigenvalue weighted by molar-refractivity contribution is 5.93. The smallest absolute Gasteiger partial charge is 0.287 e. The Morgan fingerprint density at radius 1 is 1.11 bits per heavy atom. The van der Waals surface area contributed by atoms with Gasteiger partial charge in [-0.3, -0.25) is 9.59 Å². The van der Waals surface area contributed by atoms with Crippen molar-refractivity contribution in [1.82, 2.24) is 10.3 Å². The summed E-state index contributed by atoms with van der Waals surface area (Å²) >= 11 is 0. The zero-order valence-corrected chi connectivity index (χ0v) is 20.0. The third-order valence-electron chi connectivity index (χ3n) is 7.13. The van der Waals surface area contributed by atoms with E-state index in [0.29, 0.717) is 35.9 Å². The van der Waals surface area contributed by atoms with Crippen LogP contribution in [0.2, 0.25) is 0 Å². The molecule has 3 atom stereocenters. The molecule has 0 radical (unpaired) electrons. The Labute approximate surface area is 212 Å². The van der Waals surface area contributed by atoms with Crippen molar-refractivity contribution in [3.8, 4) is 28.6 Å². The van der Waals surface area contributed by atoms with E-state index in [2.05, 4.69) is 15.6 Å². The molecular formula is C29H23N3O5. The number of nitrogens with one attached hydrogen (secondary N) is 2. The first kappa shape index (κ1) is 21.7. The molecule has 184 valence electrons. The average molecular weight is 494 g/mol. The van der Waals surface area contributed by atoms with Gasteiger partial charge in [-0.05, 0) is 49.2 Å². The highest BCUT2D eigenvalue weighted by Crippen LogP contribution is 2.56. The van der Waals surface area contributed by atoms with Crippen LogP contribution in [0.5, 0.6) is 17.2 Å². The van der Waals surface area contributed by atoms with Crippen LogP contribution in [0.1, 0.15) is 39.6 Å². The van der Waals surface area contributed by atoms with Crippen molar-refractivity contribution >= 4 is 17.6 Å². The van der Waals surface area contributed by atoms with E-state index in [0.717, 1.165) is 28.0 Å². The number of hydrogen-bond donors (Lipinski definition) is 2. The molecule has 7 rings (SSSR count). The lowest BCUT2D eigenvalue weighted by molar-refractivity contribution is -0.116. The largest absolute Gasteiger partial charge is 0.487 e. The van der Waals surface area contributed by atoms with Crippen LogP contribution in [-0.2, 0) is 11.2 Å². The number of anilines is 1. The second-order valence-electron chi connectivity index (χ2n) is 9.58. The Bertz CT molecular complexity index is 1560. The van der Waals surface area contributed by atoms with Crippen LogP contribution in [0.3, 0.4) is 0 Å². The van der Waals surface area contributed by atoms with Gasteiger partial charge in [-0.15, -0.1) is 0 Å². The number of aryl methyl sites for hydroxylation is 1. The lowest BCUT2D eigenvalue weighted by atomic mass is 10.0. The van der Waals surface area contributed by atoms with Crippen LogP contribution in [0.4, 0.5) is 5.82 Å². The summed E-state index contributed by atoms with van der Waals surface area (Å²) in [5.41, 5.74) is 3.80. The van der Waals surface area contributed by atoms with E-state index >= 15 is 0 Å². The molecule has 2 aromatic carbocycles. The maximum Gasteiger partial charge on any atom is 0.287 e. The summed E-state index contributed by atoms with van der Waals surface area (Å²) in [5, 5.41) is 5.87. The number of hydrogen-bond acceptors (Lipinski definition) is 6. The molecule has 0 saturated heterocycles. The molecule has 1 saturated carbocycles. The molecule has 2 aliphatic heterocycles. The number of rotatable bonds is 5. The van der Waals surface area contributed by atoms with E-state index in [1.807, 2.05) is 55.5 Å². The Balaban J connectivity index is 1.08. The Kier molecular flexibility index (Phi) is 4.82. The number of amides is 2. The highest BCUT2D eigenvalue weighted by atomic mass is 16.5. The summed E-state index contributed by atoms with van der Waals surface area (Å²) in [6, 6.07) is 18.8. The zero-order chi connectivity index (χ0) is 25.1.